The summed E-state index contributed by atoms with van der Waals surface area (Å²) in [6, 6.07) is 22.9. The molecule has 2 heterocycles. The third kappa shape index (κ3) is 6.57. The van der Waals surface area contributed by atoms with Gasteiger partial charge in [-0.25, -0.2) is 0 Å². The van der Waals surface area contributed by atoms with Crippen molar-refractivity contribution >= 4 is 10.8 Å². The van der Waals surface area contributed by atoms with E-state index >= 15 is 0 Å². The zero-order valence-electron chi connectivity index (χ0n) is 19.5. The molecule has 5 nitrogen and oxygen atoms in total. The van der Waals surface area contributed by atoms with Gasteiger partial charge in [-0.3, -0.25) is 4.90 Å². The van der Waals surface area contributed by atoms with Crippen LogP contribution in [0.4, 0.5) is 0 Å². The minimum absolute atomic E-state index is 0. The molecule has 1 fully saturated rings. The van der Waals surface area contributed by atoms with Crippen molar-refractivity contribution in [2.45, 2.75) is 37.8 Å². The lowest BCUT2D eigenvalue weighted by molar-refractivity contribution is -0.0276. The van der Waals surface area contributed by atoms with E-state index in [9.17, 15) is 5.11 Å². The third-order valence-electron chi connectivity index (χ3n) is 6.44. The normalized spacial score (nSPS) is 17.3. The van der Waals surface area contributed by atoms with Gasteiger partial charge in [0, 0.05) is 26.2 Å². The zero-order valence-corrected chi connectivity index (χ0v) is 19.5. The molecule has 0 unspecified atom stereocenters. The van der Waals surface area contributed by atoms with Gasteiger partial charge in [0.25, 0.3) is 0 Å². The quantitative estimate of drug-likeness (QED) is 0.621. The van der Waals surface area contributed by atoms with Crippen molar-refractivity contribution in [1.82, 2.24) is 10.2 Å². The van der Waals surface area contributed by atoms with Crippen LogP contribution in [0.25, 0.3) is 10.8 Å². The van der Waals surface area contributed by atoms with Crippen LogP contribution in [0.3, 0.4) is 0 Å². The first-order valence-corrected chi connectivity index (χ1v) is 11.6. The molecule has 0 atom stereocenters. The molecule has 0 spiro atoms. The first-order chi connectivity index (χ1) is 15.7. The van der Waals surface area contributed by atoms with E-state index in [1.54, 1.807) is 7.11 Å². The van der Waals surface area contributed by atoms with Gasteiger partial charge in [-0.1, -0.05) is 54.6 Å². The number of ether oxygens (including phenoxy) is 1. The average Bonchev–Trinajstić information content (AvgIpc) is 2.87. The molecule has 3 aromatic rings. The van der Waals surface area contributed by atoms with Gasteiger partial charge in [0.1, 0.15) is 5.75 Å². The maximum absolute atomic E-state index is 11.2. The second-order valence-corrected chi connectivity index (χ2v) is 8.72. The van der Waals surface area contributed by atoms with E-state index in [4.69, 9.17) is 4.74 Å². The van der Waals surface area contributed by atoms with Crippen molar-refractivity contribution in [2.24, 2.45) is 0 Å². The second kappa shape index (κ2) is 11.8. The van der Waals surface area contributed by atoms with E-state index in [0.717, 1.165) is 61.1 Å². The molecule has 5 heteroatoms. The van der Waals surface area contributed by atoms with Crippen LogP contribution in [0.1, 0.15) is 36.8 Å². The summed E-state index contributed by atoms with van der Waals surface area (Å²) >= 11 is 0. The third-order valence-corrected chi connectivity index (χ3v) is 6.44. The molecule has 33 heavy (non-hydrogen) atoms. The number of nitrogens with zero attached hydrogens (tertiary/aromatic N) is 1. The van der Waals surface area contributed by atoms with Crippen LogP contribution in [0, 0.1) is 0 Å². The molecule has 176 valence electrons. The fourth-order valence-corrected chi connectivity index (χ4v) is 4.42. The van der Waals surface area contributed by atoms with Crippen LogP contribution in [0.2, 0.25) is 0 Å². The van der Waals surface area contributed by atoms with Crippen LogP contribution in [0.5, 0.6) is 5.75 Å². The molecule has 3 aromatic carbocycles. The predicted octanol–water partition coefficient (Wildman–Crippen LogP) is 4.39. The molecule has 2 aliphatic rings. The topological polar surface area (TPSA) is 76.2 Å². The van der Waals surface area contributed by atoms with Gasteiger partial charge < -0.3 is 20.6 Å². The Bertz CT molecular complexity index is 1020. The number of methoxy groups -OCH3 is 1. The second-order valence-electron chi connectivity index (χ2n) is 8.72. The maximum atomic E-state index is 11.2. The predicted molar refractivity (Wildman–Crippen MR) is 135 cm³/mol. The Morgan fingerprint density at radius 1 is 0.970 bits per heavy atom. The number of hydrogen-bond donors (Lipinski definition) is 2. The number of fused-ring (bicyclic) bond motifs is 1. The fraction of sp³-hybridized carbons (Fsp3) is 0.357. The standard InChI is InChI=1S/C23H25NO2.C5H9N.H2O/c1-26-22-10-8-19-15-21(9-7-20(19)16-22)23(25)11-13-24(14-12-23)17-18-5-3-2-4-6-18;1-2-4-6-5-3-1;/h2-10,15-16,25H,11-14,17H2,1H3;2,4,6H,1,3,5H2;1H2. The molecule has 4 N–H and O–H groups in total. The molecule has 2 aliphatic heterocycles. The van der Waals surface area contributed by atoms with Crippen molar-refractivity contribution in [1.29, 1.82) is 0 Å². The van der Waals surface area contributed by atoms with E-state index < -0.39 is 5.60 Å². The van der Waals surface area contributed by atoms with E-state index in [2.05, 4.69) is 64.8 Å². The Kier molecular flexibility index (Phi) is 8.89. The lowest BCUT2D eigenvalue weighted by Gasteiger charge is -2.38. The number of allylic oxidation sites excluding steroid dienone is 1. The highest BCUT2D eigenvalue weighted by molar-refractivity contribution is 5.84. The highest BCUT2D eigenvalue weighted by atomic mass is 16.5. The molecular weight excluding hydrogens is 412 g/mol. The van der Waals surface area contributed by atoms with Gasteiger partial charge in [0.05, 0.1) is 12.7 Å². The summed E-state index contributed by atoms with van der Waals surface area (Å²) in [5, 5.41) is 16.6. The number of benzene rings is 3. The number of likely N-dealkylation sites (tertiary alicyclic amines) is 1. The summed E-state index contributed by atoms with van der Waals surface area (Å²) in [5.41, 5.74) is 1.62. The van der Waals surface area contributed by atoms with Crippen molar-refractivity contribution in [3.05, 3.63) is 90.1 Å². The first kappa shape index (κ1) is 24.8. The van der Waals surface area contributed by atoms with Crippen LogP contribution in [-0.4, -0.2) is 42.2 Å². The Morgan fingerprint density at radius 2 is 1.70 bits per heavy atom. The zero-order chi connectivity index (χ0) is 22.2. The maximum Gasteiger partial charge on any atom is 0.119 e. The molecule has 0 saturated carbocycles. The molecule has 0 radical (unpaired) electrons. The van der Waals surface area contributed by atoms with Crippen molar-refractivity contribution in [2.75, 3.05) is 26.7 Å². The summed E-state index contributed by atoms with van der Waals surface area (Å²) in [6.07, 6.45) is 8.26. The van der Waals surface area contributed by atoms with Crippen LogP contribution >= 0.6 is 0 Å². The van der Waals surface area contributed by atoms with E-state index in [0.29, 0.717) is 0 Å². The SMILES string of the molecule is C1=CNCCC1.COc1ccc2cc(C3(O)CCN(Cc4ccccc4)CC3)ccc2c1.O. The molecule has 0 aliphatic carbocycles. The van der Waals surface area contributed by atoms with Gasteiger partial charge in [0.15, 0.2) is 0 Å². The Labute approximate surface area is 197 Å². The average molecular weight is 449 g/mol. The largest absolute Gasteiger partial charge is 0.497 e. The monoisotopic (exact) mass is 448 g/mol. The van der Waals surface area contributed by atoms with Crippen molar-refractivity contribution in [3.8, 4) is 5.75 Å². The van der Waals surface area contributed by atoms with E-state index in [1.807, 2.05) is 24.4 Å². The lowest BCUT2D eigenvalue weighted by atomic mass is 9.83. The Balaban J connectivity index is 0.000000382. The molecule has 0 bridgehead atoms. The van der Waals surface area contributed by atoms with E-state index in [1.165, 1.54) is 18.4 Å². The van der Waals surface area contributed by atoms with Crippen LogP contribution in [0.15, 0.2) is 79.0 Å². The minimum Gasteiger partial charge on any atom is -0.497 e. The van der Waals surface area contributed by atoms with E-state index in [-0.39, 0.29) is 5.48 Å². The number of nitrogens with one attached hydrogen (secondary N) is 1. The summed E-state index contributed by atoms with van der Waals surface area (Å²) in [4.78, 5) is 2.43. The number of rotatable bonds is 4. The molecule has 0 aromatic heterocycles. The van der Waals surface area contributed by atoms with Gasteiger partial charge in [-0.2, -0.15) is 0 Å². The molecule has 0 amide bonds. The lowest BCUT2D eigenvalue weighted by Crippen LogP contribution is -2.42. The molecule has 5 rings (SSSR count). The van der Waals surface area contributed by atoms with Gasteiger partial charge in [-0.15, -0.1) is 0 Å². The summed E-state index contributed by atoms with van der Waals surface area (Å²) in [5.74, 6) is 0.859. The Morgan fingerprint density at radius 3 is 2.30 bits per heavy atom. The summed E-state index contributed by atoms with van der Waals surface area (Å²) in [7, 11) is 1.68. The summed E-state index contributed by atoms with van der Waals surface area (Å²) in [6.45, 7) is 3.93. The van der Waals surface area contributed by atoms with Crippen molar-refractivity contribution in [3.63, 3.8) is 0 Å². The van der Waals surface area contributed by atoms with Gasteiger partial charge in [0.2, 0.25) is 0 Å². The molecular formula is C28H36N2O3. The van der Waals surface area contributed by atoms with Gasteiger partial charge >= 0.3 is 0 Å². The summed E-state index contributed by atoms with van der Waals surface area (Å²) < 4.78 is 5.29. The van der Waals surface area contributed by atoms with Crippen LogP contribution in [-0.2, 0) is 12.1 Å². The Hall–Kier alpha value is -2.86. The fourth-order valence-electron chi connectivity index (χ4n) is 4.42. The number of hydrogen-bond acceptors (Lipinski definition) is 4. The van der Waals surface area contributed by atoms with Crippen LogP contribution < -0.4 is 10.1 Å². The number of piperidine rings is 1. The minimum atomic E-state index is -0.735. The van der Waals surface area contributed by atoms with Crippen molar-refractivity contribution < 1.29 is 15.3 Å². The first-order valence-electron chi connectivity index (χ1n) is 11.6. The highest BCUT2D eigenvalue weighted by Crippen LogP contribution is 2.35. The van der Waals surface area contributed by atoms with Gasteiger partial charge in [-0.05, 0) is 72.0 Å². The number of aliphatic hydroxyl groups is 1. The highest BCUT2D eigenvalue weighted by Gasteiger charge is 2.34. The smallest absolute Gasteiger partial charge is 0.119 e. The molecule has 1 saturated heterocycles.